The van der Waals surface area contributed by atoms with E-state index in [-0.39, 0.29) is 11.0 Å². The molecule has 0 fully saturated rings. The molecule has 0 aromatic heterocycles. The number of amides is 1. The third-order valence-electron chi connectivity index (χ3n) is 2.93. The molecular formula is C12H15N3OS. The van der Waals surface area contributed by atoms with Crippen molar-refractivity contribution in [3.8, 4) is 0 Å². The van der Waals surface area contributed by atoms with E-state index in [1.54, 1.807) is 6.92 Å². The number of fused-ring (bicyclic) bond motifs is 1. The van der Waals surface area contributed by atoms with Crippen LogP contribution in [0.5, 0.6) is 0 Å². The number of hydrogen-bond donors (Lipinski definition) is 2. The molecule has 3 N–H and O–H groups in total. The lowest BCUT2D eigenvalue weighted by atomic mass is 9.99. The number of anilines is 1. The van der Waals surface area contributed by atoms with Gasteiger partial charge in [0, 0.05) is 25.7 Å². The molecule has 1 aromatic rings. The summed E-state index contributed by atoms with van der Waals surface area (Å²) in [6.07, 6.45) is 0.905. The summed E-state index contributed by atoms with van der Waals surface area (Å²) in [5.41, 5.74) is 8.76. The Labute approximate surface area is 106 Å². The molecule has 1 heterocycles. The summed E-state index contributed by atoms with van der Waals surface area (Å²) >= 11 is 4.80. The zero-order chi connectivity index (χ0) is 12.4. The quantitative estimate of drug-likeness (QED) is 0.735. The van der Waals surface area contributed by atoms with Gasteiger partial charge in [0.2, 0.25) is 5.91 Å². The van der Waals surface area contributed by atoms with Gasteiger partial charge in [-0.25, -0.2) is 0 Å². The maximum absolute atomic E-state index is 11.3. The molecule has 0 radical (unpaired) electrons. The van der Waals surface area contributed by atoms with Crippen molar-refractivity contribution in [2.45, 2.75) is 19.9 Å². The number of carbonyl (C=O) groups is 1. The Morgan fingerprint density at radius 1 is 1.47 bits per heavy atom. The second-order valence-electron chi connectivity index (χ2n) is 4.16. The molecule has 2 rings (SSSR count). The Hall–Kier alpha value is -1.62. The topological polar surface area (TPSA) is 58.4 Å². The van der Waals surface area contributed by atoms with Crippen molar-refractivity contribution < 1.29 is 4.79 Å². The van der Waals surface area contributed by atoms with Gasteiger partial charge in [-0.1, -0.05) is 6.07 Å². The number of rotatable bonds is 1. The van der Waals surface area contributed by atoms with Crippen LogP contribution < -0.4 is 11.1 Å². The monoisotopic (exact) mass is 249 g/mol. The van der Waals surface area contributed by atoms with E-state index < -0.39 is 0 Å². The van der Waals surface area contributed by atoms with Crippen molar-refractivity contribution in [3.05, 3.63) is 29.3 Å². The third kappa shape index (κ3) is 2.74. The molecule has 1 aliphatic heterocycles. The molecule has 0 spiro atoms. The van der Waals surface area contributed by atoms with Gasteiger partial charge in [-0.2, -0.15) is 0 Å². The maximum atomic E-state index is 11.3. The average molecular weight is 249 g/mol. The second-order valence-corrected chi connectivity index (χ2v) is 4.60. The van der Waals surface area contributed by atoms with E-state index in [1.165, 1.54) is 5.56 Å². The number of nitrogens with two attached hydrogens (primary N) is 1. The van der Waals surface area contributed by atoms with Crippen LogP contribution >= 0.6 is 12.2 Å². The molecule has 0 atom stereocenters. The van der Waals surface area contributed by atoms with E-state index in [4.69, 9.17) is 18.0 Å². The van der Waals surface area contributed by atoms with Crippen LogP contribution in [0.2, 0.25) is 0 Å². The lowest BCUT2D eigenvalue weighted by Gasteiger charge is -2.28. The minimum absolute atomic E-state index is 0.114. The zero-order valence-corrected chi connectivity index (χ0v) is 10.5. The Bertz CT molecular complexity index is 473. The molecule has 5 heteroatoms. The number of benzene rings is 1. The average Bonchev–Trinajstić information content (AvgIpc) is 2.27. The highest BCUT2D eigenvalue weighted by molar-refractivity contribution is 7.80. The van der Waals surface area contributed by atoms with Crippen molar-refractivity contribution in [2.24, 2.45) is 5.73 Å². The number of carbonyl (C=O) groups excluding carboxylic acids is 1. The summed E-state index contributed by atoms with van der Waals surface area (Å²) < 4.78 is 0. The number of nitrogens with one attached hydrogen (secondary N) is 1. The van der Waals surface area contributed by atoms with Gasteiger partial charge in [-0.05, 0) is 41.9 Å². The lowest BCUT2D eigenvalue weighted by molar-refractivity contribution is -0.129. The van der Waals surface area contributed by atoms with Crippen LogP contribution in [0.3, 0.4) is 0 Å². The molecular weight excluding hydrogens is 234 g/mol. The Morgan fingerprint density at radius 2 is 2.24 bits per heavy atom. The van der Waals surface area contributed by atoms with Gasteiger partial charge < -0.3 is 16.0 Å². The first-order valence-corrected chi connectivity index (χ1v) is 5.91. The van der Waals surface area contributed by atoms with Gasteiger partial charge in [-0.3, -0.25) is 4.79 Å². The Morgan fingerprint density at radius 3 is 2.88 bits per heavy atom. The fourth-order valence-electron chi connectivity index (χ4n) is 2.05. The van der Waals surface area contributed by atoms with Crippen LogP contribution in [0, 0.1) is 0 Å². The summed E-state index contributed by atoms with van der Waals surface area (Å²) in [5.74, 6) is 0.114. The molecule has 0 bridgehead atoms. The summed E-state index contributed by atoms with van der Waals surface area (Å²) in [5, 5.41) is 3.16. The van der Waals surface area contributed by atoms with Gasteiger partial charge in [0.1, 0.15) is 0 Å². The van der Waals surface area contributed by atoms with Crippen molar-refractivity contribution >= 4 is 28.9 Å². The van der Waals surface area contributed by atoms with E-state index in [9.17, 15) is 4.79 Å². The van der Waals surface area contributed by atoms with Crippen LogP contribution in [0.4, 0.5) is 5.69 Å². The van der Waals surface area contributed by atoms with Crippen LogP contribution in [0.15, 0.2) is 18.2 Å². The highest BCUT2D eigenvalue weighted by Crippen LogP contribution is 2.22. The Balaban J connectivity index is 2.22. The normalized spacial score (nSPS) is 14.1. The van der Waals surface area contributed by atoms with E-state index >= 15 is 0 Å². The third-order valence-corrected chi connectivity index (χ3v) is 3.03. The maximum Gasteiger partial charge on any atom is 0.219 e. The van der Waals surface area contributed by atoms with Crippen molar-refractivity contribution in [1.82, 2.24) is 4.90 Å². The summed E-state index contributed by atoms with van der Waals surface area (Å²) in [6.45, 7) is 3.06. The number of thiocarbonyl (C=S) groups is 1. The van der Waals surface area contributed by atoms with Crippen LogP contribution in [0.25, 0.3) is 0 Å². The standard InChI is InChI=1S/C12H15N3OS/c1-8(16)15-5-4-9-2-3-11(14-12(13)17)6-10(9)7-15/h2-3,6H,4-5,7H2,1H3,(H3,13,14,17). The predicted molar refractivity (Wildman–Crippen MR) is 71.6 cm³/mol. The first-order valence-electron chi connectivity index (χ1n) is 5.50. The summed E-state index contributed by atoms with van der Waals surface area (Å²) in [7, 11) is 0. The van der Waals surface area contributed by atoms with Gasteiger partial charge >= 0.3 is 0 Å². The highest BCUT2D eigenvalue weighted by atomic mass is 32.1. The molecule has 1 aromatic carbocycles. The molecule has 1 aliphatic rings. The van der Waals surface area contributed by atoms with Gasteiger partial charge in [0.05, 0.1) is 0 Å². The molecule has 0 saturated carbocycles. The number of nitrogens with zero attached hydrogens (tertiary/aromatic N) is 1. The van der Waals surface area contributed by atoms with Crippen LogP contribution in [-0.4, -0.2) is 22.5 Å². The fraction of sp³-hybridized carbons (Fsp3) is 0.333. The minimum Gasteiger partial charge on any atom is -0.376 e. The van der Waals surface area contributed by atoms with Crippen molar-refractivity contribution in [2.75, 3.05) is 11.9 Å². The highest BCUT2D eigenvalue weighted by Gasteiger charge is 2.18. The van der Waals surface area contributed by atoms with Crippen molar-refractivity contribution in [1.29, 1.82) is 0 Å². The predicted octanol–water partition coefficient (Wildman–Crippen LogP) is 1.25. The minimum atomic E-state index is 0.114. The first-order chi connectivity index (χ1) is 8.06. The largest absolute Gasteiger partial charge is 0.376 e. The molecule has 0 unspecified atom stereocenters. The molecule has 1 amide bonds. The lowest BCUT2D eigenvalue weighted by Crippen LogP contribution is -2.34. The summed E-state index contributed by atoms with van der Waals surface area (Å²) in [4.78, 5) is 13.2. The fourth-order valence-corrected chi connectivity index (χ4v) is 2.16. The molecule has 0 aliphatic carbocycles. The van der Waals surface area contributed by atoms with E-state index in [1.807, 2.05) is 17.0 Å². The van der Waals surface area contributed by atoms with Crippen molar-refractivity contribution in [3.63, 3.8) is 0 Å². The second kappa shape index (κ2) is 4.71. The zero-order valence-electron chi connectivity index (χ0n) is 9.69. The SMILES string of the molecule is CC(=O)N1CCc2ccc(NC(N)=S)cc2C1. The van der Waals surface area contributed by atoms with E-state index in [0.717, 1.165) is 24.2 Å². The number of hydrogen-bond acceptors (Lipinski definition) is 2. The smallest absolute Gasteiger partial charge is 0.219 e. The molecule has 0 saturated heterocycles. The van der Waals surface area contributed by atoms with E-state index in [2.05, 4.69) is 11.4 Å². The van der Waals surface area contributed by atoms with Crippen LogP contribution in [-0.2, 0) is 17.8 Å². The first kappa shape index (κ1) is 11.9. The van der Waals surface area contributed by atoms with Gasteiger partial charge in [0.25, 0.3) is 0 Å². The molecule has 17 heavy (non-hydrogen) atoms. The molecule has 4 nitrogen and oxygen atoms in total. The molecule has 90 valence electrons. The van der Waals surface area contributed by atoms with Crippen LogP contribution in [0.1, 0.15) is 18.1 Å². The van der Waals surface area contributed by atoms with E-state index in [0.29, 0.717) is 6.54 Å². The Kier molecular flexibility index (Phi) is 3.28. The van der Waals surface area contributed by atoms with Gasteiger partial charge in [-0.15, -0.1) is 0 Å². The van der Waals surface area contributed by atoms with Gasteiger partial charge in [0.15, 0.2) is 5.11 Å². The summed E-state index contributed by atoms with van der Waals surface area (Å²) in [6, 6.07) is 6.03.